The van der Waals surface area contributed by atoms with Crippen molar-refractivity contribution < 1.29 is 9.90 Å². The van der Waals surface area contributed by atoms with Crippen LogP contribution in [-0.2, 0) is 11.0 Å². The molecular formula is C21H24N4O2. The molecule has 1 saturated carbocycles. The van der Waals surface area contributed by atoms with Crippen molar-refractivity contribution in [2.45, 2.75) is 37.7 Å². The van der Waals surface area contributed by atoms with Crippen LogP contribution < -0.4 is 0 Å². The molecule has 6 nitrogen and oxygen atoms in total. The molecule has 1 fully saturated rings. The first-order chi connectivity index (χ1) is 12.7. The molecule has 0 saturated heterocycles. The van der Waals surface area contributed by atoms with Crippen LogP contribution in [-0.4, -0.2) is 44.6 Å². The second kappa shape index (κ2) is 5.89. The average molecular weight is 364 g/mol. The van der Waals surface area contributed by atoms with Crippen LogP contribution in [0.5, 0.6) is 0 Å². The largest absolute Gasteiger partial charge is 0.386 e. The number of pyridine rings is 1. The molecule has 1 aliphatic rings. The summed E-state index contributed by atoms with van der Waals surface area (Å²) >= 11 is 0. The highest BCUT2D eigenvalue weighted by molar-refractivity contribution is 5.93. The van der Waals surface area contributed by atoms with E-state index in [1.807, 2.05) is 47.0 Å². The van der Waals surface area contributed by atoms with Crippen LogP contribution in [0, 0.1) is 0 Å². The van der Waals surface area contributed by atoms with Gasteiger partial charge >= 0.3 is 0 Å². The number of fused-ring (bicyclic) bond motifs is 1. The van der Waals surface area contributed by atoms with Crippen LogP contribution >= 0.6 is 0 Å². The molecule has 1 N–H and O–H groups in total. The lowest BCUT2D eigenvalue weighted by molar-refractivity contribution is 0.0794. The number of carbonyl (C=O) groups excluding carboxylic acids is 1. The molecule has 0 unspecified atom stereocenters. The van der Waals surface area contributed by atoms with Crippen molar-refractivity contribution >= 4 is 11.6 Å². The third-order valence-electron chi connectivity index (χ3n) is 5.36. The smallest absolute Gasteiger partial charge is 0.253 e. The molecule has 1 aromatic carbocycles. The molecule has 1 aliphatic carbocycles. The Hall–Kier alpha value is -2.73. The van der Waals surface area contributed by atoms with Gasteiger partial charge in [0.05, 0.1) is 11.0 Å². The van der Waals surface area contributed by atoms with Crippen LogP contribution in [0.3, 0.4) is 0 Å². The minimum Gasteiger partial charge on any atom is -0.386 e. The van der Waals surface area contributed by atoms with Crippen molar-refractivity contribution in [2.75, 3.05) is 14.1 Å². The first kappa shape index (κ1) is 17.7. The summed E-state index contributed by atoms with van der Waals surface area (Å²) in [7, 11) is 3.50. The van der Waals surface area contributed by atoms with Gasteiger partial charge < -0.3 is 10.0 Å². The molecule has 27 heavy (non-hydrogen) atoms. The summed E-state index contributed by atoms with van der Waals surface area (Å²) in [6.45, 7) is 3.51. The van der Waals surface area contributed by atoms with E-state index in [-0.39, 0.29) is 11.3 Å². The highest BCUT2D eigenvalue weighted by Gasteiger charge is 2.50. The van der Waals surface area contributed by atoms with Crippen LogP contribution in [0.2, 0.25) is 0 Å². The van der Waals surface area contributed by atoms with Gasteiger partial charge in [-0.05, 0) is 50.5 Å². The van der Waals surface area contributed by atoms with Gasteiger partial charge in [-0.3, -0.25) is 9.20 Å². The number of aromatic nitrogens is 3. The highest BCUT2D eigenvalue weighted by Crippen LogP contribution is 2.52. The molecule has 0 aliphatic heterocycles. The predicted molar refractivity (Wildman–Crippen MR) is 103 cm³/mol. The monoisotopic (exact) mass is 364 g/mol. The summed E-state index contributed by atoms with van der Waals surface area (Å²) in [4.78, 5) is 13.7. The fourth-order valence-corrected chi connectivity index (χ4v) is 3.68. The number of amides is 1. The third kappa shape index (κ3) is 2.80. The van der Waals surface area contributed by atoms with E-state index in [9.17, 15) is 9.90 Å². The average Bonchev–Trinajstić information content (AvgIpc) is 3.32. The molecule has 2 aromatic heterocycles. The quantitative estimate of drug-likeness (QED) is 0.773. The van der Waals surface area contributed by atoms with Gasteiger partial charge in [0.1, 0.15) is 5.82 Å². The van der Waals surface area contributed by atoms with E-state index >= 15 is 0 Å². The fraction of sp³-hybridized carbons (Fsp3) is 0.381. The third-order valence-corrected chi connectivity index (χ3v) is 5.36. The Balaban J connectivity index is 1.77. The summed E-state index contributed by atoms with van der Waals surface area (Å²) in [6.07, 6.45) is 3.92. The zero-order valence-electron chi connectivity index (χ0n) is 16.1. The number of rotatable bonds is 4. The molecule has 1 amide bonds. The number of hydrogen-bond acceptors (Lipinski definition) is 4. The van der Waals surface area contributed by atoms with Gasteiger partial charge in [-0.2, -0.15) is 0 Å². The van der Waals surface area contributed by atoms with Crippen LogP contribution in [0.1, 0.15) is 54.0 Å². The van der Waals surface area contributed by atoms with E-state index in [1.54, 1.807) is 32.8 Å². The first-order valence-electron chi connectivity index (χ1n) is 9.13. The standard InChI is InChI=1S/C21H24N4O2/c1-20(2,27)16-6-5-13-25-17(16)22-23-19(25)21(11-12-21)15-9-7-14(8-10-15)18(26)24(3)4/h5-10,13,27H,11-12H2,1-4H3. The van der Waals surface area contributed by atoms with Crippen molar-refractivity contribution in [3.8, 4) is 0 Å². The van der Waals surface area contributed by atoms with Crippen molar-refractivity contribution in [1.29, 1.82) is 0 Å². The second-order valence-corrected chi connectivity index (χ2v) is 8.06. The number of hydrogen-bond donors (Lipinski definition) is 1. The van der Waals surface area contributed by atoms with E-state index < -0.39 is 5.60 Å². The van der Waals surface area contributed by atoms with Gasteiger partial charge in [0, 0.05) is 31.4 Å². The van der Waals surface area contributed by atoms with E-state index in [4.69, 9.17) is 0 Å². The SMILES string of the molecule is CN(C)C(=O)c1ccc(C2(c3nnc4c(C(C)(C)O)cccn34)CC2)cc1. The summed E-state index contributed by atoms with van der Waals surface area (Å²) in [5.41, 5.74) is 2.09. The number of carbonyl (C=O) groups is 1. The zero-order chi connectivity index (χ0) is 19.4. The number of nitrogens with zero attached hydrogens (tertiary/aromatic N) is 4. The van der Waals surface area contributed by atoms with E-state index in [1.165, 1.54) is 0 Å². The van der Waals surface area contributed by atoms with Gasteiger partial charge in [0.2, 0.25) is 0 Å². The van der Waals surface area contributed by atoms with Crippen molar-refractivity contribution in [3.63, 3.8) is 0 Å². The lowest BCUT2D eigenvalue weighted by atomic mass is 9.93. The van der Waals surface area contributed by atoms with Crippen molar-refractivity contribution in [2.24, 2.45) is 0 Å². The predicted octanol–water partition coefficient (Wildman–Crippen LogP) is 2.74. The lowest BCUT2D eigenvalue weighted by Crippen LogP contribution is -2.22. The molecule has 140 valence electrons. The summed E-state index contributed by atoms with van der Waals surface area (Å²) in [5, 5.41) is 19.3. The Kier molecular flexibility index (Phi) is 3.85. The Bertz CT molecular complexity index is 1010. The minimum absolute atomic E-state index is 0.00542. The highest BCUT2D eigenvalue weighted by atomic mass is 16.3. The molecule has 6 heteroatoms. The number of aliphatic hydroxyl groups is 1. The van der Waals surface area contributed by atoms with Crippen molar-refractivity contribution in [3.05, 3.63) is 65.1 Å². The van der Waals surface area contributed by atoms with Gasteiger partial charge in [-0.1, -0.05) is 18.2 Å². The zero-order valence-corrected chi connectivity index (χ0v) is 16.1. The van der Waals surface area contributed by atoms with Crippen LogP contribution in [0.25, 0.3) is 5.65 Å². The van der Waals surface area contributed by atoms with Gasteiger partial charge in [-0.25, -0.2) is 0 Å². The molecule has 4 rings (SSSR count). The van der Waals surface area contributed by atoms with Gasteiger partial charge in [0.25, 0.3) is 5.91 Å². The van der Waals surface area contributed by atoms with Crippen LogP contribution in [0.15, 0.2) is 42.6 Å². The molecular weight excluding hydrogens is 340 g/mol. The Labute approximate surface area is 158 Å². The number of benzene rings is 1. The maximum absolute atomic E-state index is 12.1. The molecule has 2 heterocycles. The fourth-order valence-electron chi connectivity index (χ4n) is 3.68. The summed E-state index contributed by atoms with van der Waals surface area (Å²) in [6, 6.07) is 11.6. The van der Waals surface area contributed by atoms with Crippen molar-refractivity contribution in [1.82, 2.24) is 19.5 Å². The molecule has 0 bridgehead atoms. The Morgan fingerprint density at radius 3 is 2.37 bits per heavy atom. The minimum atomic E-state index is -0.988. The van der Waals surface area contributed by atoms with E-state index in [2.05, 4.69) is 10.2 Å². The summed E-state index contributed by atoms with van der Waals surface area (Å²) < 4.78 is 1.99. The van der Waals surface area contributed by atoms with E-state index in [0.717, 1.165) is 29.8 Å². The molecule has 0 atom stereocenters. The summed E-state index contributed by atoms with van der Waals surface area (Å²) in [5.74, 6) is 0.879. The molecule has 0 radical (unpaired) electrons. The van der Waals surface area contributed by atoms with Crippen LogP contribution in [0.4, 0.5) is 0 Å². The Morgan fingerprint density at radius 2 is 1.81 bits per heavy atom. The van der Waals surface area contributed by atoms with E-state index in [0.29, 0.717) is 11.2 Å². The normalized spacial score (nSPS) is 15.7. The topological polar surface area (TPSA) is 70.7 Å². The lowest BCUT2D eigenvalue weighted by Gasteiger charge is -2.19. The Morgan fingerprint density at radius 1 is 1.15 bits per heavy atom. The van der Waals surface area contributed by atoms with Gasteiger partial charge in [0.15, 0.2) is 5.65 Å². The second-order valence-electron chi connectivity index (χ2n) is 8.06. The maximum atomic E-state index is 12.1. The molecule has 3 aromatic rings. The molecule has 0 spiro atoms. The maximum Gasteiger partial charge on any atom is 0.253 e. The van der Waals surface area contributed by atoms with Gasteiger partial charge in [-0.15, -0.1) is 10.2 Å². The first-order valence-corrected chi connectivity index (χ1v) is 9.13.